The first-order chi connectivity index (χ1) is 12.5. The summed E-state index contributed by atoms with van der Waals surface area (Å²) in [5.74, 6) is -0.580. The summed E-state index contributed by atoms with van der Waals surface area (Å²) in [6, 6.07) is 13.3. The minimum Gasteiger partial charge on any atom is -0.454 e. The van der Waals surface area contributed by atoms with Crippen LogP contribution in [-0.4, -0.2) is 28.0 Å². The van der Waals surface area contributed by atoms with Gasteiger partial charge in [0.2, 0.25) is 0 Å². The average molecular weight is 355 g/mol. The molecule has 7 heteroatoms. The molecule has 134 valence electrons. The third-order valence-electron chi connectivity index (χ3n) is 3.90. The van der Waals surface area contributed by atoms with E-state index in [1.165, 1.54) is 12.1 Å². The molecular weight excluding hydrogens is 337 g/mol. The van der Waals surface area contributed by atoms with Crippen molar-refractivity contribution in [1.29, 1.82) is 0 Å². The molecule has 3 rings (SSSR count). The van der Waals surface area contributed by atoms with Crippen LogP contribution in [0.2, 0.25) is 0 Å². The lowest BCUT2D eigenvalue weighted by molar-refractivity contribution is -0.149. The fraction of sp³-hybridized carbons (Fsp3) is 0.211. The Kier molecular flexibility index (Phi) is 5.26. The number of carbonyl (C=O) groups is 2. The smallest absolute Gasteiger partial charge is 0.326 e. The molecule has 0 radical (unpaired) electrons. The van der Waals surface area contributed by atoms with Crippen LogP contribution in [0.3, 0.4) is 0 Å². The van der Waals surface area contributed by atoms with Crippen molar-refractivity contribution in [2.24, 2.45) is 0 Å². The summed E-state index contributed by atoms with van der Waals surface area (Å²) >= 11 is 0. The largest absolute Gasteiger partial charge is 0.454 e. The van der Waals surface area contributed by atoms with Crippen molar-refractivity contribution in [2.45, 2.75) is 20.0 Å². The first-order valence-corrected chi connectivity index (χ1v) is 8.11. The van der Waals surface area contributed by atoms with Crippen molar-refractivity contribution in [3.8, 4) is 0 Å². The van der Waals surface area contributed by atoms with E-state index < -0.39 is 11.9 Å². The molecule has 0 saturated carbocycles. The Labute approximate surface area is 149 Å². The number of nitrogens with one attached hydrogen (secondary N) is 1. The lowest BCUT2D eigenvalue weighted by atomic mass is 10.2. The van der Waals surface area contributed by atoms with Crippen molar-refractivity contribution >= 4 is 22.9 Å². The van der Waals surface area contributed by atoms with Crippen LogP contribution in [0, 0.1) is 12.7 Å². The Balaban J connectivity index is 1.49. The van der Waals surface area contributed by atoms with Gasteiger partial charge in [-0.05, 0) is 36.8 Å². The maximum absolute atomic E-state index is 12.8. The predicted molar refractivity (Wildman–Crippen MR) is 93.7 cm³/mol. The molecule has 0 bridgehead atoms. The molecule has 0 atom stereocenters. The molecule has 0 aliphatic carbocycles. The third kappa shape index (κ3) is 4.24. The summed E-state index contributed by atoms with van der Waals surface area (Å²) in [5.41, 5.74) is 2.39. The number of esters is 1. The van der Waals surface area contributed by atoms with E-state index in [2.05, 4.69) is 10.3 Å². The Morgan fingerprint density at radius 2 is 1.88 bits per heavy atom. The second kappa shape index (κ2) is 7.77. The fourth-order valence-electron chi connectivity index (χ4n) is 2.57. The van der Waals surface area contributed by atoms with E-state index in [9.17, 15) is 14.0 Å². The molecule has 6 nitrogen and oxygen atoms in total. The molecule has 0 spiro atoms. The van der Waals surface area contributed by atoms with Gasteiger partial charge in [0.1, 0.15) is 18.2 Å². The highest BCUT2D eigenvalue weighted by Gasteiger charge is 2.13. The van der Waals surface area contributed by atoms with E-state index in [0.717, 1.165) is 16.6 Å². The number of nitrogens with zero attached hydrogens (tertiary/aromatic N) is 2. The topological polar surface area (TPSA) is 73.2 Å². The van der Waals surface area contributed by atoms with Crippen molar-refractivity contribution in [1.82, 2.24) is 14.9 Å². The fourth-order valence-corrected chi connectivity index (χ4v) is 2.57. The van der Waals surface area contributed by atoms with Crippen molar-refractivity contribution < 1.29 is 18.7 Å². The van der Waals surface area contributed by atoms with E-state index in [0.29, 0.717) is 5.82 Å². The predicted octanol–water partition coefficient (Wildman–Crippen LogP) is 2.34. The monoisotopic (exact) mass is 355 g/mol. The van der Waals surface area contributed by atoms with E-state index in [-0.39, 0.29) is 25.5 Å². The van der Waals surface area contributed by atoms with Gasteiger partial charge in [0.25, 0.3) is 5.91 Å². The minimum absolute atomic E-state index is 0.0163. The molecule has 2 aromatic carbocycles. The molecule has 0 aliphatic rings. The summed E-state index contributed by atoms with van der Waals surface area (Å²) < 4.78 is 19.6. The highest BCUT2D eigenvalue weighted by Crippen LogP contribution is 2.15. The van der Waals surface area contributed by atoms with Gasteiger partial charge in [-0.2, -0.15) is 0 Å². The molecule has 0 unspecified atom stereocenters. The second-order valence-electron chi connectivity index (χ2n) is 5.80. The van der Waals surface area contributed by atoms with Crippen LogP contribution in [0.25, 0.3) is 11.0 Å². The minimum atomic E-state index is -0.520. The molecule has 0 aliphatic heterocycles. The maximum Gasteiger partial charge on any atom is 0.326 e. The molecule has 0 fully saturated rings. The van der Waals surface area contributed by atoms with Crippen LogP contribution >= 0.6 is 0 Å². The number of aromatic nitrogens is 2. The molecule has 1 N–H and O–H groups in total. The molecule has 26 heavy (non-hydrogen) atoms. The second-order valence-corrected chi connectivity index (χ2v) is 5.80. The number of para-hydroxylation sites is 2. The van der Waals surface area contributed by atoms with Gasteiger partial charge in [0.05, 0.1) is 11.0 Å². The van der Waals surface area contributed by atoms with Gasteiger partial charge in [-0.3, -0.25) is 9.59 Å². The van der Waals surface area contributed by atoms with Crippen molar-refractivity contribution in [3.05, 3.63) is 65.7 Å². The number of hydrogen-bond donors (Lipinski definition) is 1. The van der Waals surface area contributed by atoms with Crippen molar-refractivity contribution in [3.63, 3.8) is 0 Å². The quantitative estimate of drug-likeness (QED) is 0.689. The number of ether oxygens (including phenoxy) is 1. The molecule has 1 aromatic heterocycles. The van der Waals surface area contributed by atoms with Crippen LogP contribution in [0.5, 0.6) is 0 Å². The number of carbonyl (C=O) groups excluding carboxylic acids is 2. The van der Waals surface area contributed by atoms with E-state index in [1.54, 1.807) is 16.7 Å². The van der Waals surface area contributed by atoms with E-state index in [1.807, 2.05) is 31.2 Å². The van der Waals surface area contributed by atoms with Gasteiger partial charge in [-0.25, -0.2) is 9.37 Å². The SMILES string of the molecule is Cc1nc2ccccc2n1CC(=O)OCC(=O)NCc1ccc(F)cc1. The average Bonchev–Trinajstić information content (AvgIpc) is 2.95. The van der Waals surface area contributed by atoms with Gasteiger partial charge in [0.15, 0.2) is 6.61 Å². The normalized spacial score (nSPS) is 10.7. The Morgan fingerprint density at radius 1 is 1.15 bits per heavy atom. The van der Waals surface area contributed by atoms with Gasteiger partial charge in [-0.1, -0.05) is 24.3 Å². The number of imidazole rings is 1. The van der Waals surface area contributed by atoms with Crippen molar-refractivity contribution in [2.75, 3.05) is 6.61 Å². The summed E-state index contributed by atoms with van der Waals surface area (Å²) in [5, 5.41) is 2.62. The zero-order valence-corrected chi connectivity index (χ0v) is 14.2. The number of halogens is 1. The standard InChI is InChI=1S/C19H18FN3O3/c1-13-22-16-4-2-3-5-17(16)23(13)11-19(25)26-12-18(24)21-10-14-6-8-15(20)9-7-14/h2-9H,10-12H2,1H3,(H,21,24). The van der Waals surface area contributed by atoms with Gasteiger partial charge in [0, 0.05) is 6.54 Å². The zero-order valence-electron chi connectivity index (χ0n) is 14.2. The number of aryl methyl sites for hydroxylation is 1. The first kappa shape index (κ1) is 17.6. The molecule has 1 heterocycles. The summed E-state index contributed by atoms with van der Waals surface area (Å²) in [7, 11) is 0. The van der Waals surface area contributed by atoms with Gasteiger partial charge < -0.3 is 14.6 Å². The lowest BCUT2D eigenvalue weighted by Gasteiger charge is -2.08. The number of benzene rings is 2. The highest BCUT2D eigenvalue weighted by molar-refractivity contribution is 5.82. The molecule has 0 saturated heterocycles. The Bertz CT molecular complexity index is 935. The van der Waals surface area contributed by atoms with Crippen LogP contribution < -0.4 is 5.32 Å². The number of fused-ring (bicyclic) bond motifs is 1. The zero-order chi connectivity index (χ0) is 18.5. The third-order valence-corrected chi connectivity index (χ3v) is 3.90. The van der Waals surface area contributed by atoms with Crippen LogP contribution in [-0.2, 0) is 27.4 Å². The summed E-state index contributed by atoms with van der Waals surface area (Å²) in [4.78, 5) is 28.2. The molecular formula is C19H18FN3O3. The Hall–Kier alpha value is -3.22. The Morgan fingerprint density at radius 3 is 2.65 bits per heavy atom. The lowest BCUT2D eigenvalue weighted by Crippen LogP contribution is -2.29. The number of rotatable bonds is 6. The van der Waals surface area contributed by atoms with Crippen LogP contribution in [0.15, 0.2) is 48.5 Å². The first-order valence-electron chi connectivity index (χ1n) is 8.11. The van der Waals surface area contributed by atoms with Crippen LogP contribution in [0.1, 0.15) is 11.4 Å². The maximum atomic E-state index is 12.8. The van der Waals surface area contributed by atoms with Crippen LogP contribution in [0.4, 0.5) is 4.39 Å². The number of hydrogen-bond acceptors (Lipinski definition) is 4. The van der Waals surface area contributed by atoms with Gasteiger partial charge in [-0.15, -0.1) is 0 Å². The van der Waals surface area contributed by atoms with E-state index >= 15 is 0 Å². The summed E-state index contributed by atoms with van der Waals surface area (Å²) in [6.45, 7) is 1.66. The highest BCUT2D eigenvalue weighted by atomic mass is 19.1. The summed E-state index contributed by atoms with van der Waals surface area (Å²) in [6.07, 6.45) is 0. The van der Waals surface area contributed by atoms with Gasteiger partial charge >= 0.3 is 5.97 Å². The molecule has 3 aromatic rings. The molecule has 1 amide bonds. The van der Waals surface area contributed by atoms with E-state index in [4.69, 9.17) is 4.74 Å². The number of amides is 1.